The number of hydrogen-bond donors (Lipinski definition) is 0. The lowest BCUT2D eigenvalue weighted by Crippen LogP contribution is -2.06. The van der Waals surface area contributed by atoms with E-state index in [0.29, 0.717) is 5.39 Å². The molecule has 0 amide bonds. The molecule has 1 heterocycles. The van der Waals surface area contributed by atoms with Crippen molar-refractivity contribution >= 4 is 10.9 Å². The molecule has 3 aromatic rings. The molecule has 0 saturated carbocycles. The molecule has 114 valence electrons. The number of alkyl halides is 3. The first-order valence-corrected chi connectivity index (χ1v) is 6.32. The predicted octanol–water partition coefficient (Wildman–Crippen LogP) is 4.38. The van der Waals surface area contributed by atoms with E-state index in [9.17, 15) is 22.0 Å². The van der Waals surface area contributed by atoms with Crippen molar-refractivity contribution in [1.82, 2.24) is 9.78 Å². The van der Waals surface area contributed by atoms with Gasteiger partial charge in [0.2, 0.25) is 0 Å². The lowest BCUT2D eigenvalue weighted by atomic mass is 10.1. The molecule has 0 aliphatic carbocycles. The third kappa shape index (κ3) is 2.66. The number of rotatable bonds is 2. The highest BCUT2D eigenvalue weighted by Gasteiger charge is 2.33. The van der Waals surface area contributed by atoms with E-state index >= 15 is 0 Å². The van der Waals surface area contributed by atoms with Gasteiger partial charge in [0.1, 0.15) is 17.2 Å². The van der Waals surface area contributed by atoms with Crippen LogP contribution >= 0.6 is 0 Å². The normalized spacial score (nSPS) is 12.0. The topological polar surface area (TPSA) is 17.8 Å². The van der Waals surface area contributed by atoms with Crippen LogP contribution in [-0.2, 0) is 12.7 Å². The minimum Gasteiger partial charge on any atom is -0.267 e. The summed E-state index contributed by atoms with van der Waals surface area (Å²) in [7, 11) is 0. The molecule has 0 N–H and O–H groups in total. The van der Waals surface area contributed by atoms with Gasteiger partial charge in [-0.2, -0.15) is 18.3 Å². The highest BCUT2D eigenvalue weighted by Crippen LogP contribution is 2.33. The van der Waals surface area contributed by atoms with Crippen LogP contribution in [0.15, 0.2) is 42.6 Å². The van der Waals surface area contributed by atoms with Crippen molar-refractivity contribution in [2.45, 2.75) is 12.7 Å². The molecule has 22 heavy (non-hydrogen) atoms. The fourth-order valence-electron chi connectivity index (χ4n) is 2.23. The van der Waals surface area contributed by atoms with E-state index in [-0.39, 0.29) is 17.6 Å². The first-order chi connectivity index (χ1) is 10.3. The molecule has 0 saturated heterocycles. The molecule has 7 heteroatoms. The van der Waals surface area contributed by atoms with E-state index < -0.39 is 23.4 Å². The minimum atomic E-state index is -4.51. The molecule has 0 unspecified atom stereocenters. The van der Waals surface area contributed by atoms with E-state index in [1.54, 1.807) is 0 Å². The Balaban J connectivity index is 2.02. The van der Waals surface area contributed by atoms with Crippen molar-refractivity contribution in [3.05, 3.63) is 65.4 Å². The zero-order valence-corrected chi connectivity index (χ0v) is 11.0. The summed E-state index contributed by atoms with van der Waals surface area (Å²) >= 11 is 0. The van der Waals surface area contributed by atoms with Gasteiger partial charge in [-0.1, -0.05) is 18.2 Å². The molecular formula is C15H9F5N2. The van der Waals surface area contributed by atoms with Gasteiger partial charge in [-0.3, -0.25) is 4.68 Å². The van der Waals surface area contributed by atoms with Gasteiger partial charge < -0.3 is 0 Å². The predicted molar refractivity (Wildman–Crippen MR) is 70.2 cm³/mol. The Labute approximate surface area is 121 Å². The zero-order chi connectivity index (χ0) is 15.9. The maximum absolute atomic E-state index is 13.6. The summed E-state index contributed by atoms with van der Waals surface area (Å²) in [6.07, 6.45) is -3.12. The Morgan fingerprint density at radius 2 is 1.82 bits per heavy atom. The summed E-state index contributed by atoms with van der Waals surface area (Å²) in [6, 6.07) is 6.77. The highest BCUT2D eigenvalue weighted by molar-refractivity contribution is 5.81. The quantitative estimate of drug-likeness (QED) is 0.642. The smallest absolute Gasteiger partial charge is 0.267 e. The molecule has 0 spiro atoms. The van der Waals surface area contributed by atoms with E-state index in [4.69, 9.17) is 0 Å². The van der Waals surface area contributed by atoms with Gasteiger partial charge >= 0.3 is 6.18 Å². The molecule has 0 bridgehead atoms. The van der Waals surface area contributed by atoms with E-state index in [2.05, 4.69) is 5.10 Å². The second-order valence-electron chi connectivity index (χ2n) is 4.80. The Hall–Kier alpha value is -2.44. The molecule has 0 atom stereocenters. The highest BCUT2D eigenvalue weighted by atomic mass is 19.4. The summed E-state index contributed by atoms with van der Waals surface area (Å²) < 4.78 is 66.4. The van der Waals surface area contributed by atoms with Crippen molar-refractivity contribution in [2.75, 3.05) is 0 Å². The maximum atomic E-state index is 13.6. The van der Waals surface area contributed by atoms with Gasteiger partial charge in [0.15, 0.2) is 0 Å². The van der Waals surface area contributed by atoms with Crippen LogP contribution in [0.5, 0.6) is 0 Å². The van der Waals surface area contributed by atoms with Crippen LogP contribution in [0.3, 0.4) is 0 Å². The Bertz CT molecular complexity index is 836. The molecular weight excluding hydrogens is 303 g/mol. The van der Waals surface area contributed by atoms with Crippen molar-refractivity contribution in [3.8, 4) is 0 Å². The standard InChI is InChI=1S/C15H9F5N2/c16-11-5-4-9(13(17)6-11)7-22-8-10-2-1-3-12(14(10)21-22)15(18,19)20/h1-6,8H,7H2. The fourth-order valence-corrected chi connectivity index (χ4v) is 2.23. The third-order valence-corrected chi connectivity index (χ3v) is 3.24. The lowest BCUT2D eigenvalue weighted by Gasteiger charge is -2.06. The number of hydrogen-bond acceptors (Lipinski definition) is 1. The molecule has 1 aromatic heterocycles. The van der Waals surface area contributed by atoms with E-state index in [0.717, 1.165) is 18.2 Å². The third-order valence-electron chi connectivity index (χ3n) is 3.24. The number of benzene rings is 2. The summed E-state index contributed by atoms with van der Waals surface area (Å²) in [5.74, 6) is -1.48. The molecule has 3 rings (SSSR count). The van der Waals surface area contributed by atoms with Crippen LogP contribution in [0.2, 0.25) is 0 Å². The van der Waals surface area contributed by atoms with Crippen LogP contribution in [0.1, 0.15) is 11.1 Å². The zero-order valence-electron chi connectivity index (χ0n) is 11.0. The van der Waals surface area contributed by atoms with Crippen LogP contribution in [-0.4, -0.2) is 9.78 Å². The molecule has 2 nitrogen and oxygen atoms in total. The SMILES string of the molecule is Fc1ccc(Cn2cc3cccc(C(F)(F)F)c3n2)c(F)c1. The average Bonchev–Trinajstić information content (AvgIpc) is 2.83. The first kappa shape index (κ1) is 14.5. The summed E-state index contributed by atoms with van der Waals surface area (Å²) in [5.41, 5.74) is -0.899. The van der Waals surface area contributed by atoms with Crippen molar-refractivity contribution in [3.63, 3.8) is 0 Å². The molecule has 0 aliphatic heterocycles. The summed E-state index contributed by atoms with van der Waals surface area (Å²) in [6.45, 7) is -0.0852. The van der Waals surface area contributed by atoms with Crippen LogP contribution in [0.4, 0.5) is 22.0 Å². The summed E-state index contributed by atoms with van der Waals surface area (Å²) in [4.78, 5) is 0. The van der Waals surface area contributed by atoms with E-state index in [1.807, 2.05) is 0 Å². The molecule has 0 aliphatic rings. The summed E-state index contributed by atoms with van der Waals surface area (Å²) in [5, 5.41) is 4.18. The lowest BCUT2D eigenvalue weighted by molar-refractivity contribution is -0.136. The number of fused-ring (bicyclic) bond motifs is 1. The number of halogens is 5. The Kier molecular flexibility index (Phi) is 3.35. The van der Waals surface area contributed by atoms with Crippen LogP contribution < -0.4 is 0 Å². The van der Waals surface area contributed by atoms with Gasteiger partial charge in [-0.25, -0.2) is 8.78 Å². The fraction of sp³-hybridized carbons (Fsp3) is 0.133. The van der Waals surface area contributed by atoms with Crippen molar-refractivity contribution in [2.24, 2.45) is 0 Å². The first-order valence-electron chi connectivity index (χ1n) is 6.32. The van der Waals surface area contributed by atoms with Crippen molar-refractivity contribution < 1.29 is 22.0 Å². The van der Waals surface area contributed by atoms with Gasteiger partial charge in [0, 0.05) is 23.2 Å². The second kappa shape index (κ2) is 5.08. The number of aromatic nitrogens is 2. The van der Waals surface area contributed by atoms with Crippen LogP contribution in [0, 0.1) is 11.6 Å². The molecule has 2 aromatic carbocycles. The van der Waals surface area contributed by atoms with Gasteiger partial charge in [-0.05, 0) is 12.1 Å². The van der Waals surface area contributed by atoms with Gasteiger partial charge in [0.05, 0.1) is 12.1 Å². The minimum absolute atomic E-state index is 0.0852. The molecule has 0 radical (unpaired) electrons. The number of nitrogens with zero attached hydrogens (tertiary/aromatic N) is 2. The molecule has 0 fully saturated rings. The Morgan fingerprint density at radius 1 is 1.05 bits per heavy atom. The van der Waals surface area contributed by atoms with Crippen molar-refractivity contribution in [1.29, 1.82) is 0 Å². The maximum Gasteiger partial charge on any atom is 0.418 e. The average molecular weight is 312 g/mol. The van der Waals surface area contributed by atoms with Gasteiger partial charge in [0.25, 0.3) is 0 Å². The van der Waals surface area contributed by atoms with Crippen LogP contribution in [0.25, 0.3) is 10.9 Å². The van der Waals surface area contributed by atoms with E-state index in [1.165, 1.54) is 29.1 Å². The largest absolute Gasteiger partial charge is 0.418 e. The second-order valence-corrected chi connectivity index (χ2v) is 4.80. The van der Waals surface area contributed by atoms with Gasteiger partial charge in [-0.15, -0.1) is 0 Å². The Morgan fingerprint density at radius 3 is 2.50 bits per heavy atom. The monoisotopic (exact) mass is 312 g/mol.